The number of rotatable bonds is 3. The highest BCUT2D eigenvalue weighted by Gasteiger charge is 2.12. The molecule has 1 aromatic heterocycles. The highest BCUT2D eigenvalue weighted by molar-refractivity contribution is 9.10. The number of hydrogen-bond acceptors (Lipinski definition) is 3. The van der Waals surface area contributed by atoms with Crippen molar-refractivity contribution in [3.63, 3.8) is 0 Å². The molecule has 0 radical (unpaired) electrons. The van der Waals surface area contributed by atoms with Gasteiger partial charge >= 0.3 is 5.97 Å². The number of aliphatic carboxylic acids is 1. The van der Waals surface area contributed by atoms with Crippen LogP contribution < -0.4 is 5.73 Å². The van der Waals surface area contributed by atoms with Crippen molar-refractivity contribution < 1.29 is 9.90 Å². The molecule has 0 unspecified atom stereocenters. The Morgan fingerprint density at radius 3 is 2.85 bits per heavy atom. The summed E-state index contributed by atoms with van der Waals surface area (Å²) in [7, 11) is 0. The Balaban J connectivity index is 2.64. The van der Waals surface area contributed by atoms with Gasteiger partial charge in [-0.15, -0.1) is 0 Å². The van der Waals surface area contributed by atoms with E-state index in [1.807, 2.05) is 0 Å². The predicted octanol–water partition coefficient (Wildman–Crippen LogP) is 0.798. The number of carboxylic acids is 1. The Morgan fingerprint density at radius 1 is 1.69 bits per heavy atom. The van der Waals surface area contributed by atoms with E-state index in [1.165, 1.54) is 0 Å². The van der Waals surface area contributed by atoms with E-state index in [1.54, 1.807) is 18.3 Å². The third kappa shape index (κ3) is 3.12. The van der Waals surface area contributed by atoms with Crippen LogP contribution in [0.2, 0.25) is 0 Å². The summed E-state index contributed by atoms with van der Waals surface area (Å²) in [5.74, 6) is -1.01. The number of hydrogen-bond donors (Lipinski definition) is 2. The molecule has 13 heavy (non-hydrogen) atoms. The molecule has 1 aromatic rings. The molecule has 5 heteroatoms. The average Bonchev–Trinajstić information content (AvgIpc) is 2.08. The van der Waals surface area contributed by atoms with E-state index in [2.05, 4.69) is 20.9 Å². The van der Waals surface area contributed by atoms with Gasteiger partial charge in [-0.1, -0.05) is 0 Å². The van der Waals surface area contributed by atoms with E-state index in [9.17, 15) is 4.79 Å². The minimum absolute atomic E-state index is 0.253. The zero-order valence-electron chi connectivity index (χ0n) is 6.77. The van der Waals surface area contributed by atoms with E-state index in [0.29, 0.717) is 5.69 Å². The molecule has 1 heterocycles. The first kappa shape index (κ1) is 10.1. The van der Waals surface area contributed by atoms with Gasteiger partial charge in [0.15, 0.2) is 0 Å². The maximum Gasteiger partial charge on any atom is 0.320 e. The second-order valence-corrected chi connectivity index (χ2v) is 3.53. The number of carbonyl (C=O) groups is 1. The smallest absolute Gasteiger partial charge is 0.320 e. The molecule has 0 fully saturated rings. The van der Waals surface area contributed by atoms with Crippen molar-refractivity contribution in [2.45, 2.75) is 12.5 Å². The Hall–Kier alpha value is -0.940. The maximum atomic E-state index is 10.4. The first-order valence-corrected chi connectivity index (χ1v) is 4.47. The summed E-state index contributed by atoms with van der Waals surface area (Å²) in [4.78, 5) is 14.4. The normalized spacial score (nSPS) is 12.5. The van der Waals surface area contributed by atoms with Crippen LogP contribution in [0.1, 0.15) is 5.69 Å². The fraction of sp³-hybridized carbons (Fsp3) is 0.250. The summed E-state index contributed by atoms with van der Waals surface area (Å²) in [5.41, 5.74) is 6.01. The second kappa shape index (κ2) is 4.34. The van der Waals surface area contributed by atoms with Gasteiger partial charge in [-0.2, -0.15) is 0 Å². The Bertz CT molecular complexity index is 300. The molecule has 0 spiro atoms. The van der Waals surface area contributed by atoms with Crippen LogP contribution in [0.3, 0.4) is 0 Å². The van der Waals surface area contributed by atoms with E-state index < -0.39 is 12.0 Å². The second-order valence-electron chi connectivity index (χ2n) is 2.62. The zero-order chi connectivity index (χ0) is 9.84. The van der Waals surface area contributed by atoms with Crippen molar-refractivity contribution >= 4 is 21.9 Å². The van der Waals surface area contributed by atoms with E-state index in [0.717, 1.165) is 4.47 Å². The van der Waals surface area contributed by atoms with Crippen molar-refractivity contribution in [2.75, 3.05) is 0 Å². The first-order valence-electron chi connectivity index (χ1n) is 3.68. The topological polar surface area (TPSA) is 76.2 Å². The summed E-state index contributed by atoms with van der Waals surface area (Å²) >= 11 is 3.23. The van der Waals surface area contributed by atoms with Crippen LogP contribution in [0.5, 0.6) is 0 Å². The number of carboxylic acid groups (broad SMARTS) is 1. The third-order valence-corrected chi connectivity index (χ3v) is 2.00. The van der Waals surface area contributed by atoms with Gasteiger partial charge in [0.2, 0.25) is 0 Å². The van der Waals surface area contributed by atoms with Gasteiger partial charge in [0.25, 0.3) is 0 Å². The van der Waals surface area contributed by atoms with Crippen LogP contribution >= 0.6 is 15.9 Å². The molecule has 1 rings (SSSR count). The Kier molecular flexibility index (Phi) is 3.39. The number of nitrogens with two attached hydrogens (primary N) is 1. The van der Waals surface area contributed by atoms with Gasteiger partial charge in [0, 0.05) is 22.8 Å². The molecule has 70 valence electrons. The lowest BCUT2D eigenvalue weighted by Gasteiger charge is -2.04. The third-order valence-electron chi connectivity index (χ3n) is 1.53. The van der Waals surface area contributed by atoms with Gasteiger partial charge in [0.05, 0.1) is 0 Å². The summed E-state index contributed by atoms with van der Waals surface area (Å²) < 4.78 is 0.861. The molecular formula is C8H9BrN2O2. The molecule has 0 aromatic carbocycles. The van der Waals surface area contributed by atoms with Crippen LogP contribution in [0.25, 0.3) is 0 Å². The average molecular weight is 245 g/mol. The molecule has 3 N–H and O–H groups in total. The molecule has 0 saturated heterocycles. The molecule has 0 bridgehead atoms. The number of nitrogens with zero attached hydrogens (tertiary/aromatic N) is 1. The van der Waals surface area contributed by atoms with E-state index in [-0.39, 0.29) is 6.42 Å². The summed E-state index contributed by atoms with van der Waals surface area (Å²) in [6.07, 6.45) is 1.87. The molecule has 4 nitrogen and oxygen atoms in total. The molecular weight excluding hydrogens is 236 g/mol. The lowest BCUT2D eigenvalue weighted by molar-refractivity contribution is -0.138. The van der Waals surface area contributed by atoms with Crippen LogP contribution in [0, 0.1) is 0 Å². The predicted molar refractivity (Wildman–Crippen MR) is 51.3 cm³/mol. The highest BCUT2D eigenvalue weighted by Crippen LogP contribution is 2.08. The van der Waals surface area contributed by atoms with Crippen molar-refractivity contribution in [1.29, 1.82) is 0 Å². The number of aromatic nitrogens is 1. The van der Waals surface area contributed by atoms with Gasteiger partial charge < -0.3 is 10.8 Å². The Morgan fingerprint density at radius 2 is 2.38 bits per heavy atom. The quantitative estimate of drug-likeness (QED) is 0.825. The zero-order valence-corrected chi connectivity index (χ0v) is 8.36. The van der Waals surface area contributed by atoms with E-state index in [4.69, 9.17) is 10.8 Å². The van der Waals surface area contributed by atoms with Crippen molar-refractivity contribution in [2.24, 2.45) is 5.73 Å². The summed E-state index contributed by atoms with van der Waals surface area (Å²) in [6.45, 7) is 0. The maximum absolute atomic E-state index is 10.4. The lowest BCUT2D eigenvalue weighted by Crippen LogP contribution is -2.32. The summed E-state index contributed by atoms with van der Waals surface area (Å²) in [5, 5.41) is 8.54. The summed E-state index contributed by atoms with van der Waals surface area (Å²) in [6, 6.07) is 2.66. The highest BCUT2D eigenvalue weighted by atomic mass is 79.9. The molecule has 0 aliphatic heterocycles. The van der Waals surface area contributed by atoms with Crippen molar-refractivity contribution in [3.8, 4) is 0 Å². The minimum Gasteiger partial charge on any atom is -0.480 e. The van der Waals surface area contributed by atoms with Crippen LogP contribution in [-0.4, -0.2) is 22.1 Å². The van der Waals surface area contributed by atoms with Crippen molar-refractivity contribution in [1.82, 2.24) is 4.98 Å². The SMILES string of the molecule is N[C@H](Cc1ccc(Br)cn1)C(=O)O. The van der Waals surface area contributed by atoms with Crippen LogP contribution in [0.4, 0.5) is 0 Å². The molecule has 0 saturated carbocycles. The van der Waals surface area contributed by atoms with Gasteiger partial charge in [-0.3, -0.25) is 9.78 Å². The van der Waals surface area contributed by atoms with E-state index >= 15 is 0 Å². The number of halogens is 1. The molecule has 0 amide bonds. The van der Waals surface area contributed by atoms with Crippen LogP contribution in [-0.2, 0) is 11.2 Å². The van der Waals surface area contributed by atoms with Gasteiger partial charge in [-0.25, -0.2) is 0 Å². The molecule has 0 aliphatic rings. The first-order chi connectivity index (χ1) is 6.09. The standard InChI is InChI=1S/C8H9BrN2O2/c9-5-1-2-6(11-4-5)3-7(10)8(12)13/h1-2,4,7H,3,10H2,(H,12,13)/t7-/m1/s1. The fourth-order valence-corrected chi connectivity index (χ4v) is 1.07. The van der Waals surface area contributed by atoms with Gasteiger partial charge in [0.1, 0.15) is 6.04 Å². The Labute approximate surface area is 83.9 Å². The van der Waals surface area contributed by atoms with Crippen molar-refractivity contribution in [3.05, 3.63) is 28.5 Å². The monoisotopic (exact) mass is 244 g/mol. The minimum atomic E-state index is -1.01. The molecule has 1 atom stereocenters. The largest absolute Gasteiger partial charge is 0.480 e. The molecule has 0 aliphatic carbocycles. The van der Waals surface area contributed by atoms with Gasteiger partial charge in [-0.05, 0) is 28.1 Å². The lowest BCUT2D eigenvalue weighted by atomic mass is 10.1. The van der Waals surface area contributed by atoms with Crippen LogP contribution in [0.15, 0.2) is 22.8 Å². The number of pyridine rings is 1. The fourth-order valence-electron chi connectivity index (χ4n) is 0.840.